The quantitative estimate of drug-likeness (QED) is 0.821. The van der Waals surface area contributed by atoms with Gasteiger partial charge in [-0.1, -0.05) is 19.1 Å². The minimum Gasteiger partial charge on any atom is -0.481 e. The van der Waals surface area contributed by atoms with Gasteiger partial charge in [0.2, 0.25) is 5.88 Å². The van der Waals surface area contributed by atoms with Crippen LogP contribution in [0.3, 0.4) is 0 Å². The van der Waals surface area contributed by atoms with Crippen LogP contribution < -0.4 is 14.4 Å². The number of aryl methyl sites for hydroxylation is 1. The highest BCUT2D eigenvalue weighted by molar-refractivity contribution is 7.90. The first-order chi connectivity index (χ1) is 12.5. The van der Waals surface area contributed by atoms with Crippen molar-refractivity contribution >= 4 is 21.8 Å². The van der Waals surface area contributed by atoms with E-state index in [4.69, 9.17) is 4.74 Å². The molecule has 1 fully saturated rings. The molecule has 140 valence electrons. The molecule has 0 saturated carbocycles. The van der Waals surface area contributed by atoms with Gasteiger partial charge < -0.3 is 9.64 Å². The Balaban J connectivity index is 1.64. The molecule has 3 heterocycles. The Kier molecular flexibility index (Phi) is 5.58. The highest BCUT2D eigenvalue weighted by Gasteiger charge is 2.27. The number of ether oxygens (including phenoxy) is 1. The van der Waals surface area contributed by atoms with Crippen LogP contribution in [0.25, 0.3) is 0 Å². The van der Waals surface area contributed by atoms with E-state index in [2.05, 4.69) is 14.7 Å². The Bertz CT molecular complexity index is 851. The second kappa shape index (κ2) is 7.88. The minimum atomic E-state index is -3.63. The summed E-state index contributed by atoms with van der Waals surface area (Å²) in [6, 6.07) is 10.9. The number of piperazine rings is 1. The van der Waals surface area contributed by atoms with Crippen LogP contribution >= 0.6 is 0 Å². The maximum atomic E-state index is 12.6. The summed E-state index contributed by atoms with van der Waals surface area (Å²) in [5.41, 5.74) is 0.846. The molecule has 0 aromatic carbocycles. The zero-order valence-electron chi connectivity index (χ0n) is 14.9. The van der Waals surface area contributed by atoms with Gasteiger partial charge in [0, 0.05) is 37.9 Å². The standard InChI is InChI=1S/C17H23N5O3S/c1-3-14-6-4-7-15(18-14)20-26(23,24)22-12-10-21(11-13-22)16-8-5-9-17(19-16)25-2/h4-9H,3,10-13H2,1-2H3,(H,18,20). The van der Waals surface area contributed by atoms with E-state index in [1.165, 1.54) is 4.31 Å². The molecule has 0 aliphatic carbocycles. The summed E-state index contributed by atoms with van der Waals surface area (Å²) in [7, 11) is -2.06. The molecule has 1 N–H and O–H groups in total. The van der Waals surface area contributed by atoms with E-state index in [1.807, 2.05) is 30.0 Å². The maximum Gasteiger partial charge on any atom is 0.302 e. The van der Waals surface area contributed by atoms with Crippen LogP contribution in [-0.2, 0) is 16.6 Å². The third-order valence-electron chi connectivity index (χ3n) is 4.22. The van der Waals surface area contributed by atoms with E-state index < -0.39 is 10.2 Å². The fraction of sp³-hybridized carbons (Fsp3) is 0.412. The van der Waals surface area contributed by atoms with Crippen molar-refractivity contribution in [3.8, 4) is 5.88 Å². The highest BCUT2D eigenvalue weighted by Crippen LogP contribution is 2.19. The molecule has 0 spiro atoms. The van der Waals surface area contributed by atoms with Crippen LogP contribution in [-0.4, -0.2) is 56.0 Å². The molecule has 1 aliphatic heterocycles. The molecule has 0 radical (unpaired) electrons. The Hall–Kier alpha value is -2.39. The molecule has 3 rings (SSSR count). The smallest absolute Gasteiger partial charge is 0.302 e. The van der Waals surface area contributed by atoms with Gasteiger partial charge in [-0.05, 0) is 24.6 Å². The zero-order valence-corrected chi connectivity index (χ0v) is 15.7. The van der Waals surface area contributed by atoms with E-state index in [-0.39, 0.29) is 0 Å². The number of rotatable bonds is 6. The normalized spacial score (nSPS) is 15.7. The third kappa shape index (κ3) is 4.23. The molecule has 1 aliphatic rings. The fourth-order valence-electron chi connectivity index (χ4n) is 2.78. The lowest BCUT2D eigenvalue weighted by Gasteiger charge is -2.34. The van der Waals surface area contributed by atoms with Crippen molar-refractivity contribution in [1.82, 2.24) is 14.3 Å². The molecule has 0 unspecified atom stereocenters. The van der Waals surface area contributed by atoms with E-state index in [9.17, 15) is 8.42 Å². The Morgan fingerprint density at radius 2 is 1.81 bits per heavy atom. The van der Waals surface area contributed by atoms with Gasteiger partial charge in [0.25, 0.3) is 0 Å². The van der Waals surface area contributed by atoms with Gasteiger partial charge in [-0.3, -0.25) is 4.72 Å². The fourth-order valence-corrected chi connectivity index (χ4v) is 3.93. The summed E-state index contributed by atoms with van der Waals surface area (Å²) in [6.45, 7) is 3.85. The lowest BCUT2D eigenvalue weighted by Crippen LogP contribution is -2.50. The number of anilines is 2. The van der Waals surface area contributed by atoms with Crippen molar-refractivity contribution in [3.05, 3.63) is 42.1 Å². The van der Waals surface area contributed by atoms with Gasteiger partial charge in [-0.25, -0.2) is 4.98 Å². The number of nitrogens with zero attached hydrogens (tertiary/aromatic N) is 4. The Morgan fingerprint density at radius 1 is 1.08 bits per heavy atom. The van der Waals surface area contributed by atoms with Crippen LogP contribution in [0.2, 0.25) is 0 Å². The Morgan fingerprint density at radius 3 is 2.50 bits per heavy atom. The van der Waals surface area contributed by atoms with Crippen molar-refractivity contribution in [2.45, 2.75) is 13.3 Å². The van der Waals surface area contributed by atoms with Gasteiger partial charge in [0.1, 0.15) is 11.6 Å². The summed E-state index contributed by atoms with van der Waals surface area (Å²) in [4.78, 5) is 10.7. The summed E-state index contributed by atoms with van der Waals surface area (Å²) in [5, 5.41) is 0. The van der Waals surface area contributed by atoms with Gasteiger partial charge in [-0.2, -0.15) is 17.7 Å². The number of methoxy groups -OCH3 is 1. The molecular weight excluding hydrogens is 354 g/mol. The average Bonchev–Trinajstić information content (AvgIpc) is 2.68. The first kappa shape index (κ1) is 18.4. The monoisotopic (exact) mass is 377 g/mol. The Labute approximate surface area is 154 Å². The molecular formula is C17H23N5O3S. The van der Waals surface area contributed by atoms with E-state index in [0.717, 1.165) is 17.9 Å². The topological polar surface area (TPSA) is 87.7 Å². The zero-order chi connectivity index (χ0) is 18.6. The second-order valence-electron chi connectivity index (χ2n) is 5.90. The molecule has 26 heavy (non-hydrogen) atoms. The predicted octanol–water partition coefficient (Wildman–Crippen LogP) is 1.53. The maximum absolute atomic E-state index is 12.6. The molecule has 0 atom stereocenters. The lowest BCUT2D eigenvalue weighted by molar-refractivity contribution is 0.381. The third-order valence-corrected chi connectivity index (χ3v) is 5.74. The number of aromatic nitrogens is 2. The summed E-state index contributed by atoms with van der Waals surface area (Å²) < 4.78 is 34.4. The minimum absolute atomic E-state index is 0.348. The predicted molar refractivity (Wildman–Crippen MR) is 101 cm³/mol. The average molecular weight is 377 g/mol. The van der Waals surface area contributed by atoms with E-state index >= 15 is 0 Å². The molecule has 1 saturated heterocycles. The van der Waals surface area contributed by atoms with Crippen molar-refractivity contribution < 1.29 is 13.2 Å². The summed E-state index contributed by atoms with van der Waals surface area (Å²) in [6.07, 6.45) is 0.752. The van der Waals surface area contributed by atoms with Crippen LogP contribution in [0.4, 0.5) is 11.6 Å². The van der Waals surface area contributed by atoms with Gasteiger partial charge in [-0.15, -0.1) is 0 Å². The highest BCUT2D eigenvalue weighted by atomic mass is 32.2. The SMILES string of the molecule is CCc1cccc(NS(=O)(=O)N2CCN(c3cccc(OC)n3)CC2)n1. The van der Waals surface area contributed by atoms with Crippen molar-refractivity contribution in [2.75, 3.05) is 42.9 Å². The molecule has 2 aromatic rings. The lowest BCUT2D eigenvalue weighted by atomic mass is 10.3. The van der Waals surface area contributed by atoms with Crippen LogP contribution in [0.1, 0.15) is 12.6 Å². The molecule has 0 bridgehead atoms. The molecule has 8 nitrogen and oxygen atoms in total. The van der Waals surface area contributed by atoms with E-state index in [1.54, 1.807) is 25.3 Å². The second-order valence-corrected chi connectivity index (χ2v) is 7.57. The van der Waals surface area contributed by atoms with Crippen LogP contribution in [0, 0.1) is 0 Å². The molecule has 9 heteroatoms. The largest absolute Gasteiger partial charge is 0.481 e. The van der Waals surface area contributed by atoms with Crippen molar-refractivity contribution in [1.29, 1.82) is 0 Å². The van der Waals surface area contributed by atoms with Crippen LogP contribution in [0.5, 0.6) is 5.88 Å². The van der Waals surface area contributed by atoms with Gasteiger partial charge >= 0.3 is 10.2 Å². The number of pyridine rings is 2. The summed E-state index contributed by atoms with van der Waals surface area (Å²) >= 11 is 0. The molecule has 0 amide bonds. The number of hydrogen-bond acceptors (Lipinski definition) is 6. The first-order valence-corrected chi connectivity index (χ1v) is 9.95. The molecule has 2 aromatic heterocycles. The van der Waals surface area contributed by atoms with Crippen LogP contribution in [0.15, 0.2) is 36.4 Å². The van der Waals surface area contributed by atoms with Gasteiger partial charge in [0.05, 0.1) is 7.11 Å². The first-order valence-electron chi connectivity index (χ1n) is 8.51. The van der Waals surface area contributed by atoms with Crippen molar-refractivity contribution in [2.24, 2.45) is 0 Å². The number of hydrogen-bond donors (Lipinski definition) is 1. The number of nitrogens with one attached hydrogen (secondary N) is 1. The summed E-state index contributed by atoms with van der Waals surface area (Å²) in [5.74, 6) is 1.68. The van der Waals surface area contributed by atoms with Crippen molar-refractivity contribution in [3.63, 3.8) is 0 Å². The van der Waals surface area contributed by atoms with E-state index in [0.29, 0.717) is 37.9 Å². The van der Waals surface area contributed by atoms with Gasteiger partial charge in [0.15, 0.2) is 0 Å².